The molecule has 0 aliphatic rings. The third-order valence-corrected chi connectivity index (χ3v) is 12.9. The maximum absolute atomic E-state index is 5.23. The molecular weight excluding hydrogens is 749 g/mol. The number of benzene rings is 9. The number of thiophene rings is 1. The topological polar surface area (TPSA) is 43.6 Å². The van der Waals surface area contributed by atoms with Gasteiger partial charge in [-0.15, -0.1) is 11.3 Å². The molecule has 0 radical (unpaired) electrons. The van der Waals surface area contributed by atoms with E-state index in [0.29, 0.717) is 17.5 Å². The third-order valence-electron chi connectivity index (χ3n) is 11.6. The van der Waals surface area contributed by atoms with Crippen molar-refractivity contribution in [2.75, 3.05) is 0 Å². The van der Waals surface area contributed by atoms with Crippen molar-refractivity contribution in [3.63, 3.8) is 0 Å². The molecule has 0 spiro atoms. The van der Waals surface area contributed by atoms with Gasteiger partial charge in [-0.1, -0.05) is 164 Å². The van der Waals surface area contributed by atoms with Gasteiger partial charge in [0.25, 0.3) is 0 Å². The first-order chi connectivity index (χ1) is 29.7. The van der Waals surface area contributed by atoms with Crippen LogP contribution in [0.4, 0.5) is 0 Å². The predicted molar refractivity (Wildman–Crippen MR) is 252 cm³/mol. The lowest BCUT2D eigenvalue weighted by atomic mass is 9.98. The Morgan fingerprint density at radius 3 is 1.65 bits per heavy atom. The van der Waals surface area contributed by atoms with Crippen molar-refractivity contribution in [1.82, 2.24) is 19.5 Å². The van der Waals surface area contributed by atoms with Crippen LogP contribution in [0.5, 0.6) is 0 Å². The lowest BCUT2D eigenvalue weighted by Gasteiger charge is -2.17. The Balaban J connectivity index is 1.12. The zero-order valence-corrected chi connectivity index (χ0v) is 33.1. The summed E-state index contributed by atoms with van der Waals surface area (Å²) in [7, 11) is 0. The highest BCUT2D eigenvalue weighted by Gasteiger charge is 2.21. The van der Waals surface area contributed by atoms with Crippen LogP contribution in [0.1, 0.15) is 0 Å². The van der Waals surface area contributed by atoms with Crippen molar-refractivity contribution in [3.05, 3.63) is 206 Å². The Kier molecular flexibility index (Phi) is 8.00. The highest BCUT2D eigenvalue weighted by molar-refractivity contribution is 7.26. The summed E-state index contributed by atoms with van der Waals surface area (Å²) in [6.45, 7) is 0. The Morgan fingerprint density at radius 2 is 0.883 bits per heavy atom. The molecule has 12 aromatic rings. The molecule has 0 saturated heterocycles. The molecule has 0 atom stereocenters. The van der Waals surface area contributed by atoms with Gasteiger partial charge in [-0.2, -0.15) is 0 Å². The molecule has 0 N–H and O–H groups in total. The fourth-order valence-electron chi connectivity index (χ4n) is 8.75. The van der Waals surface area contributed by atoms with Crippen LogP contribution in [0.15, 0.2) is 206 Å². The zero-order chi connectivity index (χ0) is 39.6. The van der Waals surface area contributed by atoms with E-state index >= 15 is 0 Å². The molecular formula is C55H34N4S. The number of hydrogen-bond acceptors (Lipinski definition) is 4. The third kappa shape index (κ3) is 5.70. The van der Waals surface area contributed by atoms with Crippen LogP contribution in [0.3, 0.4) is 0 Å². The summed E-state index contributed by atoms with van der Waals surface area (Å²) in [6, 6.07) is 73.4. The summed E-state index contributed by atoms with van der Waals surface area (Å²) in [6.07, 6.45) is 0. The van der Waals surface area contributed by atoms with Gasteiger partial charge < -0.3 is 4.57 Å². The molecule has 0 unspecified atom stereocenters. The minimum Gasteiger partial charge on any atom is -0.309 e. The van der Waals surface area contributed by atoms with Gasteiger partial charge in [0, 0.05) is 58.8 Å². The second-order valence-electron chi connectivity index (χ2n) is 15.2. The summed E-state index contributed by atoms with van der Waals surface area (Å²) in [4.78, 5) is 15.5. The van der Waals surface area contributed by atoms with Gasteiger partial charge in [-0.25, -0.2) is 15.0 Å². The molecule has 4 nitrogen and oxygen atoms in total. The van der Waals surface area contributed by atoms with E-state index in [1.165, 1.54) is 58.4 Å². The van der Waals surface area contributed by atoms with Crippen molar-refractivity contribution in [2.24, 2.45) is 0 Å². The lowest BCUT2D eigenvalue weighted by Crippen LogP contribution is -2.02. The van der Waals surface area contributed by atoms with Gasteiger partial charge in [-0.05, 0) is 64.4 Å². The van der Waals surface area contributed by atoms with Crippen LogP contribution >= 0.6 is 11.3 Å². The first-order valence-electron chi connectivity index (χ1n) is 20.2. The highest BCUT2D eigenvalue weighted by atomic mass is 32.1. The van der Waals surface area contributed by atoms with Crippen LogP contribution in [0.2, 0.25) is 0 Å². The normalized spacial score (nSPS) is 11.7. The number of hydrogen-bond donors (Lipinski definition) is 0. The van der Waals surface area contributed by atoms with Crippen LogP contribution in [-0.4, -0.2) is 19.5 Å². The SMILES string of the molecule is c1ccc(-c2ccc(-c3nc(-c4ccccc4)nc(-c4ccc(-n5c6ccccc6c6cc7ccccc7cc65)c(-c5cccc6c5sc5ccccc56)c4)n3)cc2)cc1. The predicted octanol–water partition coefficient (Wildman–Crippen LogP) is 14.8. The molecule has 0 fully saturated rings. The van der Waals surface area contributed by atoms with E-state index < -0.39 is 0 Å². The minimum atomic E-state index is 0.621. The summed E-state index contributed by atoms with van der Waals surface area (Å²) >= 11 is 1.85. The second-order valence-corrected chi connectivity index (χ2v) is 16.2. The smallest absolute Gasteiger partial charge is 0.164 e. The summed E-state index contributed by atoms with van der Waals surface area (Å²) in [5.41, 5.74) is 10.8. The average molecular weight is 783 g/mol. The molecule has 280 valence electrons. The Labute approximate surface area is 350 Å². The maximum atomic E-state index is 5.23. The van der Waals surface area contributed by atoms with E-state index in [-0.39, 0.29) is 0 Å². The van der Waals surface area contributed by atoms with E-state index in [4.69, 9.17) is 15.0 Å². The number of fused-ring (bicyclic) bond motifs is 7. The minimum absolute atomic E-state index is 0.621. The quantitative estimate of drug-likeness (QED) is 0.169. The van der Waals surface area contributed by atoms with Crippen LogP contribution in [0, 0.1) is 0 Å². The molecule has 5 heteroatoms. The first-order valence-corrected chi connectivity index (χ1v) is 21.0. The van der Waals surface area contributed by atoms with E-state index in [0.717, 1.165) is 39.0 Å². The van der Waals surface area contributed by atoms with Crippen LogP contribution < -0.4 is 0 Å². The summed E-state index contributed by atoms with van der Waals surface area (Å²) in [5, 5.41) is 7.42. The Bertz CT molecular complexity index is 3590. The monoisotopic (exact) mass is 782 g/mol. The van der Waals surface area contributed by atoms with Crippen LogP contribution in [0.25, 0.3) is 115 Å². The van der Waals surface area contributed by atoms with Crippen molar-refractivity contribution in [3.8, 4) is 62.1 Å². The Hall–Kier alpha value is -7.73. The van der Waals surface area contributed by atoms with Crippen molar-refractivity contribution in [2.45, 2.75) is 0 Å². The van der Waals surface area contributed by atoms with E-state index in [9.17, 15) is 0 Å². The van der Waals surface area contributed by atoms with E-state index in [1.54, 1.807) is 0 Å². The molecule has 0 aliphatic carbocycles. The molecule has 3 aromatic heterocycles. The average Bonchev–Trinajstić information content (AvgIpc) is 3.86. The van der Waals surface area contributed by atoms with E-state index in [1.807, 2.05) is 35.6 Å². The fraction of sp³-hybridized carbons (Fsp3) is 0. The summed E-state index contributed by atoms with van der Waals surface area (Å²) in [5.74, 6) is 1.88. The molecule has 0 amide bonds. The lowest BCUT2D eigenvalue weighted by molar-refractivity contribution is 1.07. The molecule has 0 saturated carbocycles. The Morgan fingerprint density at radius 1 is 0.333 bits per heavy atom. The number of para-hydroxylation sites is 1. The molecule has 60 heavy (non-hydrogen) atoms. The second kappa shape index (κ2) is 14.0. The van der Waals surface area contributed by atoms with Gasteiger partial charge >= 0.3 is 0 Å². The standard InChI is InChI=1S/C55H34N4S/c1-3-14-35(15-4-1)36-26-28-38(29-27-36)54-56-53(37-16-5-2-6-17-37)57-55(58-54)41-30-31-49(47(33-41)45-23-13-22-44-43-21-10-12-25-51(43)60-52(44)45)59-48-24-11-9-20-42(48)46-32-39-18-7-8-19-40(39)34-50(46)59/h1-34H. The van der Waals surface area contributed by atoms with Gasteiger partial charge in [0.2, 0.25) is 0 Å². The van der Waals surface area contributed by atoms with Crippen molar-refractivity contribution in [1.29, 1.82) is 0 Å². The summed E-state index contributed by atoms with van der Waals surface area (Å²) < 4.78 is 4.97. The van der Waals surface area contributed by atoms with Crippen molar-refractivity contribution < 1.29 is 0 Å². The highest BCUT2D eigenvalue weighted by Crippen LogP contribution is 2.44. The number of nitrogens with zero attached hydrogens (tertiary/aromatic N) is 4. The number of aromatic nitrogens is 4. The molecule has 0 aliphatic heterocycles. The maximum Gasteiger partial charge on any atom is 0.164 e. The largest absolute Gasteiger partial charge is 0.309 e. The molecule has 3 heterocycles. The molecule has 0 bridgehead atoms. The van der Waals surface area contributed by atoms with E-state index in [2.05, 4.69) is 187 Å². The fourth-order valence-corrected chi connectivity index (χ4v) is 9.98. The number of rotatable bonds is 6. The first kappa shape index (κ1) is 34.3. The van der Waals surface area contributed by atoms with Crippen LogP contribution in [-0.2, 0) is 0 Å². The van der Waals surface area contributed by atoms with Gasteiger partial charge in [0.1, 0.15) is 0 Å². The van der Waals surface area contributed by atoms with Crippen molar-refractivity contribution >= 4 is 64.1 Å². The molecule has 9 aromatic carbocycles. The zero-order valence-electron chi connectivity index (χ0n) is 32.3. The molecule has 12 rings (SSSR count). The van der Waals surface area contributed by atoms with Gasteiger partial charge in [0.15, 0.2) is 17.5 Å². The van der Waals surface area contributed by atoms with Gasteiger partial charge in [0.05, 0.1) is 16.7 Å². The van der Waals surface area contributed by atoms with Gasteiger partial charge in [-0.3, -0.25) is 0 Å².